The molecule has 1 aliphatic rings. The first-order valence-corrected chi connectivity index (χ1v) is 7.71. The van der Waals surface area contributed by atoms with Crippen LogP contribution in [0.2, 0.25) is 0 Å². The van der Waals surface area contributed by atoms with Gasteiger partial charge in [-0.05, 0) is 22.8 Å². The van der Waals surface area contributed by atoms with Gasteiger partial charge in [-0.2, -0.15) is 0 Å². The Morgan fingerprint density at radius 1 is 1.04 bits per heavy atom. The van der Waals surface area contributed by atoms with Gasteiger partial charge in [0.05, 0.1) is 12.8 Å². The van der Waals surface area contributed by atoms with Crippen molar-refractivity contribution in [2.75, 3.05) is 7.11 Å². The summed E-state index contributed by atoms with van der Waals surface area (Å²) in [7, 11) is 1.43. The predicted molar refractivity (Wildman–Crippen MR) is 90.1 cm³/mol. The largest absolute Gasteiger partial charge is 0.468 e. The molecule has 0 saturated carbocycles. The van der Waals surface area contributed by atoms with Crippen LogP contribution in [0, 0.1) is 0 Å². The van der Waals surface area contributed by atoms with Crippen LogP contribution in [0.3, 0.4) is 0 Å². The molecule has 0 radical (unpaired) electrons. The maximum absolute atomic E-state index is 11.9. The van der Waals surface area contributed by atoms with Crippen molar-refractivity contribution in [1.29, 1.82) is 0 Å². The van der Waals surface area contributed by atoms with Crippen LogP contribution in [0.5, 0.6) is 0 Å². The first-order chi connectivity index (χ1) is 11.3. The standard InChI is InChI=1S/C20H17NO2/c1-23-19(22)13-21-18(14-7-3-2-4-8-14)12-16-11-15-9-5-6-10-17(15)20(16)21/h2-10,12H,11,13H2,1H3. The SMILES string of the molecule is COC(=O)Cn1c(-c2ccccc2)cc2c1-c1ccccc1C2. The molecule has 1 aliphatic carbocycles. The second-order valence-electron chi connectivity index (χ2n) is 5.77. The summed E-state index contributed by atoms with van der Waals surface area (Å²) in [5.74, 6) is -0.232. The quantitative estimate of drug-likeness (QED) is 0.538. The van der Waals surface area contributed by atoms with E-state index in [4.69, 9.17) is 4.74 Å². The van der Waals surface area contributed by atoms with Gasteiger partial charge in [0.2, 0.25) is 0 Å². The lowest BCUT2D eigenvalue weighted by molar-refractivity contribution is -0.141. The molecule has 1 aromatic heterocycles. The lowest BCUT2D eigenvalue weighted by atomic mass is 10.1. The van der Waals surface area contributed by atoms with E-state index in [0.29, 0.717) is 0 Å². The average Bonchev–Trinajstić information content (AvgIpc) is 3.12. The summed E-state index contributed by atoms with van der Waals surface area (Å²) in [6, 6.07) is 20.8. The minimum atomic E-state index is -0.232. The first-order valence-electron chi connectivity index (χ1n) is 7.71. The molecule has 0 saturated heterocycles. The molecule has 4 rings (SSSR count). The molecule has 3 heteroatoms. The van der Waals surface area contributed by atoms with E-state index in [2.05, 4.69) is 41.0 Å². The monoisotopic (exact) mass is 303 g/mol. The molecular formula is C20H17NO2. The highest BCUT2D eigenvalue weighted by molar-refractivity contribution is 5.82. The number of hydrogen-bond donors (Lipinski definition) is 0. The number of esters is 1. The van der Waals surface area contributed by atoms with Crippen molar-refractivity contribution in [3.8, 4) is 22.5 Å². The van der Waals surface area contributed by atoms with Crippen LogP contribution in [0.1, 0.15) is 11.1 Å². The molecule has 0 fully saturated rings. The fourth-order valence-corrected chi connectivity index (χ4v) is 3.37. The Hall–Kier alpha value is -2.81. The van der Waals surface area contributed by atoms with Gasteiger partial charge >= 0.3 is 5.97 Å². The second kappa shape index (κ2) is 5.43. The smallest absolute Gasteiger partial charge is 0.325 e. The van der Waals surface area contributed by atoms with Gasteiger partial charge in [-0.3, -0.25) is 4.79 Å². The van der Waals surface area contributed by atoms with Crippen LogP contribution in [-0.4, -0.2) is 17.6 Å². The van der Waals surface area contributed by atoms with E-state index < -0.39 is 0 Å². The summed E-state index contributed by atoms with van der Waals surface area (Å²) < 4.78 is 6.99. The molecular weight excluding hydrogens is 286 g/mol. The molecule has 114 valence electrons. The van der Waals surface area contributed by atoms with Crippen LogP contribution in [0.4, 0.5) is 0 Å². The molecule has 3 nitrogen and oxygen atoms in total. The highest BCUT2D eigenvalue weighted by Crippen LogP contribution is 2.41. The molecule has 0 unspecified atom stereocenters. The zero-order chi connectivity index (χ0) is 15.8. The fraction of sp³-hybridized carbons (Fsp3) is 0.150. The van der Waals surface area contributed by atoms with Crippen LogP contribution in [-0.2, 0) is 22.5 Å². The summed E-state index contributed by atoms with van der Waals surface area (Å²) in [5, 5.41) is 0. The Kier molecular flexibility index (Phi) is 3.27. The number of nitrogens with zero attached hydrogens (tertiary/aromatic N) is 1. The number of fused-ring (bicyclic) bond motifs is 3. The van der Waals surface area contributed by atoms with Crippen molar-refractivity contribution < 1.29 is 9.53 Å². The van der Waals surface area contributed by atoms with Gasteiger partial charge in [-0.1, -0.05) is 54.6 Å². The lowest BCUT2D eigenvalue weighted by Gasteiger charge is -2.13. The van der Waals surface area contributed by atoms with Crippen LogP contribution in [0.25, 0.3) is 22.5 Å². The van der Waals surface area contributed by atoms with Gasteiger partial charge < -0.3 is 9.30 Å². The summed E-state index contributed by atoms with van der Waals surface area (Å²) in [6.07, 6.45) is 0.916. The Morgan fingerprint density at radius 3 is 2.57 bits per heavy atom. The van der Waals surface area contributed by atoms with Crippen LogP contribution in [0.15, 0.2) is 60.7 Å². The molecule has 0 N–H and O–H groups in total. The van der Waals surface area contributed by atoms with Crippen molar-refractivity contribution in [1.82, 2.24) is 4.57 Å². The average molecular weight is 303 g/mol. The maximum atomic E-state index is 11.9. The molecule has 0 amide bonds. The number of methoxy groups -OCH3 is 1. The highest BCUT2D eigenvalue weighted by atomic mass is 16.5. The molecule has 1 heterocycles. The van der Waals surface area contributed by atoms with Crippen molar-refractivity contribution in [3.05, 3.63) is 71.8 Å². The second-order valence-corrected chi connectivity index (χ2v) is 5.77. The third kappa shape index (κ3) is 2.25. The lowest BCUT2D eigenvalue weighted by Crippen LogP contribution is -2.13. The number of benzene rings is 2. The number of ether oxygens (including phenoxy) is 1. The first kappa shape index (κ1) is 13.8. The zero-order valence-corrected chi connectivity index (χ0v) is 13.0. The van der Waals surface area contributed by atoms with E-state index in [9.17, 15) is 4.79 Å². The van der Waals surface area contributed by atoms with Crippen molar-refractivity contribution in [3.63, 3.8) is 0 Å². The highest BCUT2D eigenvalue weighted by Gasteiger charge is 2.26. The molecule has 0 atom stereocenters. The summed E-state index contributed by atoms with van der Waals surface area (Å²) >= 11 is 0. The van der Waals surface area contributed by atoms with E-state index in [1.807, 2.05) is 24.3 Å². The number of aromatic nitrogens is 1. The fourth-order valence-electron chi connectivity index (χ4n) is 3.37. The number of carbonyl (C=O) groups is 1. The van der Waals surface area contributed by atoms with Gasteiger partial charge in [0.1, 0.15) is 6.54 Å². The van der Waals surface area contributed by atoms with Gasteiger partial charge in [0.15, 0.2) is 0 Å². The Bertz CT molecular complexity index is 878. The van der Waals surface area contributed by atoms with E-state index in [1.165, 1.54) is 23.8 Å². The van der Waals surface area contributed by atoms with E-state index >= 15 is 0 Å². The molecule has 3 aromatic rings. The summed E-state index contributed by atoms with van der Waals surface area (Å²) in [4.78, 5) is 11.9. The molecule has 0 spiro atoms. The molecule has 0 bridgehead atoms. The topological polar surface area (TPSA) is 31.2 Å². The van der Waals surface area contributed by atoms with Gasteiger partial charge in [-0.15, -0.1) is 0 Å². The van der Waals surface area contributed by atoms with E-state index in [0.717, 1.165) is 23.4 Å². The Labute approximate surface area is 135 Å². The molecule has 2 aromatic carbocycles. The van der Waals surface area contributed by atoms with Gasteiger partial charge in [0, 0.05) is 17.7 Å². The predicted octanol–water partition coefficient (Wildman–Crippen LogP) is 3.90. The van der Waals surface area contributed by atoms with E-state index in [-0.39, 0.29) is 12.5 Å². The van der Waals surface area contributed by atoms with Crippen LogP contribution >= 0.6 is 0 Å². The molecule has 23 heavy (non-hydrogen) atoms. The normalized spacial score (nSPS) is 11.9. The summed E-state index contributed by atoms with van der Waals surface area (Å²) in [6.45, 7) is 0.227. The van der Waals surface area contributed by atoms with E-state index in [1.54, 1.807) is 0 Å². The zero-order valence-electron chi connectivity index (χ0n) is 13.0. The summed E-state index contributed by atoms with van der Waals surface area (Å²) in [5.41, 5.74) is 7.13. The Morgan fingerprint density at radius 2 is 1.78 bits per heavy atom. The van der Waals surface area contributed by atoms with Crippen LogP contribution < -0.4 is 0 Å². The van der Waals surface area contributed by atoms with Gasteiger partial charge in [-0.25, -0.2) is 0 Å². The third-order valence-electron chi connectivity index (χ3n) is 4.41. The number of carbonyl (C=O) groups excluding carboxylic acids is 1. The number of rotatable bonds is 3. The van der Waals surface area contributed by atoms with Crippen molar-refractivity contribution in [2.24, 2.45) is 0 Å². The third-order valence-corrected chi connectivity index (χ3v) is 4.41. The minimum Gasteiger partial charge on any atom is -0.468 e. The Balaban J connectivity index is 1.92. The van der Waals surface area contributed by atoms with Crippen molar-refractivity contribution in [2.45, 2.75) is 13.0 Å². The van der Waals surface area contributed by atoms with Gasteiger partial charge in [0.25, 0.3) is 0 Å². The van der Waals surface area contributed by atoms with Crippen molar-refractivity contribution >= 4 is 5.97 Å². The maximum Gasteiger partial charge on any atom is 0.325 e. The number of hydrogen-bond acceptors (Lipinski definition) is 2. The molecule has 0 aliphatic heterocycles. The minimum absolute atomic E-state index is 0.227.